The van der Waals surface area contributed by atoms with Gasteiger partial charge in [-0.2, -0.15) is 0 Å². The molecule has 1 aromatic carbocycles. The van der Waals surface area contributed by atoms with Gasteiger partial charge in [-0.25, -0.2) is 0 Å². The predicted octanol–water partition coefficient (Wildman–Crippen LogP) is 4.43. The first-order valence-corrected chi connectivity index (χ1v) is 5.70. The van der Waals surface area contributed by atoms with Gasteiger partial charge in [-0.1, -0.05) is 36.2 Å². The van der Waals surface area contributed by atoms with Crippen LogP contribution in [-0.4, -0.2) is 5.24 Å². The van der Waals surface area contributed by atoms with Crippen LogP contribution in [0.4, 0.5) is 0 Å². The Morgan fingerprint density at radius 3 is 2.40 bits per heavy atom. The van der Waals surface area contributed by atoms with Crippen LogP contribution in [0, 0.1) is 0 Å². The third-order valence-electron chi connectivity index (χ3n) is 2.67. The third-order valence-corrected chi connectivity index (χ3v) is 3.63. The summed E-state index contributed by atoms with van der Waals surface area (Å²) in [6.45, 7) is 3.67. The molecule has 0 N–H and O–H groups in total. The van der Waals surface area contributed by atoms with Crippen LogP contribution in [0.2, 0.25) is 10.0 Å². The van der Waals surface area contributed by atoms with Gasteiger partial charge >= 0.3 is 0 Å². The van der Waals surface area contributed by atoms with E-state index in [1.807, 2.05) is 6.92 Å². The van der Waals surface area contributed by atoms with E-state index in [-0.39, 0.29) is 0 Å². The van der Waals surface area contributed by atoms with Crippen molar-refractivity contribution >= 4 is 40.0 Å². The summed E-state index contributed by atoms with van der Waals surface area (Å²) < 4.78 is 0. The van der Waals surface area contributed by atoms with Crippen molar-refractivity contribution in [3.05, 3.63) is 33.8 Å². The predicted molar refractivity (Wildman–Crippen MR) is 65.0 cm³/mol. The topological polar surface area (TPSA) is 17.1 Å². The molecule has 1 nitrogen and oxygen atoms in total. The van der Waals surface area contributed by atoms with E-state index in [9.17, 15) is 4.79 Å². The van der Waals surface area contributed by atoms with Gasteiger partial charge in [0, 0.05) is 10.0 Å². The molecule has 82 valence electrons. The van der Waals surface area contributed by atoms with Crippen LogP contribution >= 0.6 is 34.8 Å². The maximum atomic E-state index is 11.4. The minimum atomic E-state index is -0.747. The molecule has 0 saturated heterocycles. The van der Waals surface area contributed by atoms with Crippen LogP contribution < -0.4 is 0 Å². The zero-order chi connectivity index (χ0) is 11.6. The lowest BCUT2D eigenvalue weighted by molar-refractivity contribution is -0.116. The molecule has 0 aromatic heterocycles. The third kappa shape index (κ3) is 2.47. The van der Waals surface area contributed by atoms with E-state index in [1.54, 1.807) is 25.1 Å². The molecule has 0 bridgehead atoms. The minimum Gasteiger partial charge on any atom is -0.280 e. The summed E-state index contributed by atoms with van der Waals surface area (Å²) in [4.78, 5) is 11.4. The van der Waals surface area contributed by atoms with Crippen LogP contribution in [-0.2, 0) is 10.2 Å². The second-order valence-electron chi connectivity index (χ2n) is 3.58. The summed E-state index contributed by atoms with van der Waals surface area (Å²) in [7, 11) is 0. The van der Waals surface area contributed by atoms with E-state index in [2.05, 4.69) is 0 Å². The van der Waals surface area contributed by atoms with Crippen molar-refractivity contribution < 1.29 is 4.79 Å². The summed E-state index contributed by atoms with van der Waals surface area (Å²) in [5.74, 6) is 0. The first kappa shape index (κ1) is 12.8. The van der Waals surface area contributed by atoms with Crippen molar-refractivity contribution in [2.24, 2.45) is 0 Å². The Morgan fingerprint density at radius 2 is 2.00 bits per heavy atom. The minimum absolute atomic E-state index is 0.408. The Bertz CT molecular complexity index is 389. The highest BCUT2D eigenvalue weighted by Crippen LogP contribution is 2.36. The van der Waals surface area contributed by atoms with E-state index in [1.165, 1.54) is 0 Å². The average Bonchev–Trinajstić information content (AvgIpc) is 2.16. The summed E-state index contributed by atoms with van der Waals surface area (Å²) in [6.07, 6.45) is 0.594. The van der Waals surface area contributed by atoms with Crippen LogP contribution in [0.1, 0.15) is 25.8 Å². The number of carbonyl (C=O) groups is 1. The van der Waals surface area contributed by atoms with Crippen molar-refractivity contribution in [1.29, 1.82) is 0 Å². The summed E-state index contributed by atoms with van der Waals surface area (Å²) >= 11 is 17.4. The number of halogens is 3. The van der Waals surface area contributed by atoms with Gasteiger partial charge in [0.15, 0.2) is 0 Å². The largest absolute Gasteiger partial charge is 0.280 e. The molecule has 0 fully saturated rings. The number of benzene rings is 1. The van der Waals surface area contributed by atoms with Crippen LogP contribution in [0.25, 0.3) is 0 Å². The van der Waals surface area contributed by atoms with Gasteiger partial charge in [0.25, 0.3) is 0 Å². The van der Waals surface area contributed by atoms with Gasteiger partial charge in [-0.3, -0.25) is 4.79 Å². The van der Waals surface area contributed by atoms with Crippen LogP contribution in [0.3, 0.4) is 0 Å². The van der Waals surface area contributed by atoms with Crippen molar-refractivity contribution in [3.8, 4) is 0 Å². The van der Waals surface area contributed by atoms with E-state index in [0.717, 1.165) is 5.56 Å². The highest BCUT2D eigenvalue weighted by Gasteiger charge is 2.33. The molecule has 0 aliphatic rings. The van der Waals surface area contributed by atoms with Gasteiger partial charge in [0.1, 0.15) is 0 Å². The molecule has 15 heavy (non-hydrogen) atoms. The molecule has 1 rings (SSSR count). The number of hydrogen-bond donors (Lipinski definition) is 0. The molecule has 0 aliphatic heterocycles. The lowest BCUT2D eigenvalue weighted by Gasteiger charge is -2.25. The number of carbonyl (C=O) groups excluding carboxylic acids is 1. The molecule has 0 heterocycles. The molecule has 4 heteroatoms. The van der Waals surface area contributed by atoms with Gasteiger partial charge in [0.05, 0.1) is 5.41 Å². The summed E-state index contributed by atoms with van der Waals surface area (Å²) in [5, 5.41) is 0.610. The van der Waals surface area contributed by atoms with Crippen LogP contribution in [0.15, 0.2) is 18.2 Å². The number of rotatable bonds is 3. The zero-order valence-corrected chi connectivity index (χ0v) is 10.7. The van der Waals surface area contributed by atoms with E-state index in [4.69, 9.17) is 34.8 Å². The Balaban J connectivity index is 3.30. The highest BCUT2D eigenvalue weighted by atomic mass is 35.5. The summed E-state index contributed by atoms with van der Waals surface area (Å²) in [6, 6.07) is 5.07. The van der Waals surface area contributed by atoms with Crippen LogP contribution in [0.5, 0.6) is 0 Å². The molecule has 1 aromatic rings. The fourth-order valence-corrected chi connectivity index (χ4v) is 2.22. The average molecular weight is 266 g/mol. The first-order chi connectivity index (χ1) is 6.91. The van der Waals surface area contributed by atoms with Gasteiger partial charge < -0.3 is 0 Å². The van der Waals surface area contributed by atoms with E-state index in [0.29, 0.717) is 16.5 Å². The molecule has 1 unspecified atom stereocenters. The molecule has 0 radical (unpaired) electrons. The molecule has 0 aliphatic carbocycles. The SMILES string of the molecule is CCC(C)(C(=O)Cl)c1ccc(Cl)cc1Cl. The Kier molecular flexibility index (Phi) is 4.05. The second-order valence-corrected chi connectivity index (χ2v) is 4.77. The lowest BCUT2D eigenvalue weighted by Crippen LogP contribution is -2.28. The monoisotopic (exact) mass is 264 g/mol. The van der Waals surface area contributed by atoms with Gasteiger partial charge in [-0.05, 0) is 42.6 Å². The van der Waals surface area contributed by atoms with Gasteiger partial charge in [-0.15, -0.1) is 0 Å². The fourth-order valence-electron chi connectivity index (χ4n) is 1.37. The standard InChI is InChI=1S/C11H11Cl3O/c1-3-11(2,10(14)15)8-5-4-7(12)6-9(8)13/h4-6H,3H2,1-2H3. The Labute approximate surface area is 104 Å². The first-order valence-electron chi connectivity index (χ1n) is 4.57. The Hall–Kier alpha value is -0.240. The molecule has 0 saturated carbocycles. The molecular formula is C11H11Cl3O. The van der Waals surface area contributed by atoms with E-state index < -0.39 is 10.7 Å². The van der Waals surface area contributed by atoms with Crippen molar-refractivity contribution in [1.82, 2.24) is 0 Å². The fraction of sp³-hybridized carbons (Fsp3) is 0.364. The lowest BCUT2D eigenvalue weighted by atomic mass is 9.81. The molecule has 0 spiro atoms. The zero-order valence-electron chi connectivity index (χ0n) is 8.48. The highest BCUT2D eigenvalue weighted by molar-refractivity contribution is 6.65. The molecule has 0 amide bonds. The maximum Gasteiger partial charge on any atom is 0.231 e. The second kappa shape index (κ2) is 4.73. The quantitative estimate of drug-likeness (QED) is 0.739. The smallest absolute Gasteiger partial charge is 0.231 e. The van der Waals surface area contributed by atoms with Crippen molar-refractivity contribution in [2.75, 3.05) is 0 Å². The number of hydrogen-bond acceptors (Lipinski definition) is 1. The normalized spacial score (nSPS) is 14.7. The molecular weight excluding hydrogens is 254 g/mol. The maximum absolute atomic E-state index is 11.4. The van der Waals surface area contributed by atoms with Crippen molar-refractivity contribution in [3.63, 3.8) is 0 Å². The van der Waals surface area contributed by atoms with E-state index >= 15 is 0 Å². The Morgan fingerprint density at radius 1 is 1.40 bits per heavy atom. The van der Waals surface area contributed by atoms with Gasteiger partial charge in [0.2, 0.25) is 5.24 Å². The summed E-state index contributed by atoms with van der Waals surface area (Å²) in [5.41, 5.74) is -0.0282. The molecule has 1 atom stereocenters. The van der Waals surface area contributed by atoms with Crippen molar-refractivity contribution in [2.45, 2.75) is 25.7 Å².